The summed E-state index contributed by atoms with van der Waals surface area (Å²) >= 11 is 0. The first-order valence-corrected chi connectivity index (χ1v) is 18.0. The number of carbonyl (C=O) groups is 5. The summed E-state index contributed by atoms with van der Waals surface area (Å²) in [5, 5.41) is 9.87. The molecule has 0 aliphatic carbocycles. The molecule has 1 unspecified atom stereocenters. The van der Waals surface area contributed by atoms with Crippen LogP contribution in [0.5, 0.6) is 11.5 Å². The maximum Gasteiger partial charge on any atom is 0.499 e. The number of aliphatic hydroxyl groups is 1. The molecule has 0 heterocycles. The summed E-state index contributed by atoms with van der Waals surface area (Å²) in [4.78, 5) is 61.0. The fourth-order valence-corrected chi connectivity index (χ4v) is 5.18. The zero-order valence-corrected chi connectivity index (χ0v) is 30.2. The number of benzene rings is 2. The monoisotopic (exact) mass is 722 g/mol. The molecule has 15 nitrogen and oxygen atoms in total. The Kier molecular flexibility index (Phi) is 17.7. The van der Waals surface area contributed by atoms with Crippen molar-refractivity contribution in [1.29, 1.82) is 0 Å². The molecule has 0 saturated carbocycles. The zero-order chi connectivity index (χ0) is 37.2. The van der Waals surface area contributed by atoms with Gasteiger partial charge in [-0.1, -0.05) is 13.8 Å². The van der Waals surface area contributed by atoms with E-state index in [0.29, 0.717) is 22.6 Å². The molecule has 0 amide bonds. The van der Waals surface area contributed by atoms with Gasteiger partial charge in [-0.05, 0) is 62.4 Å². The van der Waals surface area contributed by atoms with Crippen LogP contribution >= 0.6 is 0 Å². The second-order valence-electron chi connectivity index (χ2n) is 11.5. The predicted octanol–water partition coefficient (Wildman–Crippen LogP) is 2.83. The molecular formula is C34H46O15Si. The predicted molar refractivity (Wildman–Crippen MR) is 178 cm³/mol. The number of Topliss-reactive ketones (excluding diaryl/α,β-unsaturated/α-hetero) is 2. The second kappa shape index (κ2) is 21.1. The normalized spacial score (nSPS) is 12.5. The maximum atomic E-state index is 12.4. The number of hydrogen-bond acceptors (Lipinski definition) is 15. The van der Waals surface area contributed by atoms with E-state index in [1.54, 1.807) is 36.4 Å². The standard InChI is InChI=1S/C34H46O15Si/c1-24(2)32(38)25-7-11-27(12-8-25)42-17-19-45-30(36)22-48-50(6,47-21-29(35)44-16-15-41-5)49-23-31(37)46-20-18-43-28-13-9-26(10-14-28)33(39)34(3,4)40/h7-14,24,40H,15-23H2,1-6H3. The fraction of sp³-hybridized carbons (Fsp3) is 0.500. The van der Waals surface area contributed by atoms with Gasteiger partial charge in [0.15, 0.2) is 11.6 Å². The molecule has 0 aliphatic heterocycles. The van der Waals surface area contributed by atoms with E-state index >= 15 is 0 Å². The number of carbonyl (C=O) groups excluding carboxylic acids is 5. The lowest BCUT2D eigenvalue weighted by atomic mass is 9.97. The molecule has 0 saturated heterocycles. The minimum atomic E-state index is -3.81. The van der Waals surface area contributed by atoms with Crippen molar-refractivity contribution in [1.82, 2.24) is 0 Å². The summed E-state index contributed by atoms with van der Waals surface area (Å²) in [6.07, 6.45) is 0. The van der Waals surface area contributed by atoms with E-state index in [9.17, 15) is 29.1 Å². The first-order chi connectivity index (χ1) is 23.6. The van der Waals surface area contributed by atoms with Crippen molar-refractivity contribution in [3.63, 3.8) is 0 Å². The van der Waals surface area contributed by atoms with E-state index in [1.165, 1.54) is 39.6 Å². The summed E-state index contributed by atoms with van der Waals surface area (Å²) in [6, 6.07) is 12.7. The van der Waals surface area contributed by atoms with Crippen molar-refractivity contribution in [2.45, 2.75) is 39.8 Å². The molecule has 276 valence electrons. The van der Waals surface area contributed by atoms with Crippen LogP contribution < -0.4 is 9.47 Å². The average molecular weight is 723 g/mol. The molecule has 0 aromatic heterocycles. The van der Waals surface area contributed by atoms with Crippen molar-refractivity contribution in [3.05, 3.63) is 59.7 Å². The van der Waals surface area contributed by atoms with Gasteiger partial charge in [-0.25, -0.2) is 14.4 Å². The summed E-state index contributed by atoms with van der Waals surface area (Å²) in [6.45, 7) is 5.90. The molecule has 50 heavy (non-hydrogen) atoms. The van der Waals surface area contributed by atoms with Gasteiger partial charge in [-0.2, -0.15) is 0 Å². The minimum Gasteiger partial charge on any atom is -0.490 e. The van der Waals surface area contributed by atoms with Crippen LogP contribution in [0.1, 0.15) is 48.4 Å². The molecule has 0 bridgehead atoms. The third kappa shape index (κ3) is 16.0. The lowest BCUT2D eigenvalue weighted by molar-refractivity contribution is -0.152. The lowest BCUT2D eigenvalue weighted by Crippen LogP contribution is -2.46. The molecule has 2 rings (SSSR count). The number of rotatable bonds is 24. The van der Waals surface area contributed by atoms with Gasteiger partial charge in [0.1, 0.15) is 70.0 Å². The van der Waals surface area contributed by atoms with Crippen LogP contribution in [0.15, 0.2) is 48.5 Å². The number of esters is 3. The van der Waals surface area contributed by atoms with E-state index in [1.807, 2.05) is 13.8 Å². The first-order valence-electron chi connectivity index (χ1n) is 15.8. The summed E-state index contributed by atoms with van der Waals surface area (Å²) in [5.74, 6) is -1.97. The number of hydrogen-bond donors (Lipinski definition) is 1. The van der Waals surface area contributed by atoms with Gasteiger partial charge < -0.3 is 46.8 Å². The van der Waals surface area contributed by atoms with Crippen LogP contribution in [0.25, 0.3) is 0 Å². The Labute approximate surface area is 292 Å². The molecule has 1 atom stereocenters. The highest BCUT2D eigenvalue weighted by atomic mass is 28.4. The van der Waals surface area contributed by atoms with Crippen LogP contribution in [0, 0.1) is 5.92 Å². The van der Waals surface area contributed by atoms with E-state index in [0.717, 1.165) is 0 Å². The van der Waals surface area contributed by atoms with E-state index in [2.05, 4.69) is 0 Å². The van der Waals surface area contributed by atoms with Gasteiger partial charge in [-0.3, -0.25) is 9.59 Å². The lowest BCUT2D eigenvalue weighted by Gasteiger charge is -2.25. The van der Waals surface area contributed by atoms with Crippen molar-refractivity contribution >= 4 is 38.3 Å². The van der Waals surface area contributed by atoms with Gasteiger partial charge in [0.25, 0.3) is 0 Å². The van der Waals surface area contributed by atoms with Crippen LogP contribution in [0.4, 0.5) is 0 Å². The molecule has 2 aromatic carbocycles. The van der Waals surface area contributed by atoms with Crippen molar-refractivity contribution in [2.75, 3.05) is 66.6 Å². The van der Waals surface area contributed by atoms with E-state index in [-0.39, 0.29) is 51.3 Å². The smallest absolute Gasteiger partial charge is 0.490 e. The first kappa shape index (κ1) is 42.0. The number of methoxy groups -OCH3 is 1. The zero-order valence-electron chi connectivity index (χ0n) is 29.2. The van der Waals surface area contributed by atoms with E-state index < -0.39 is 57.9 Å². The minimum absolute atomic E-state index is 0.00914. The topological polar surface area (TPSA) is 189 Å². The largest absolute Gasteiger partial charge is 0.499 e. The molecule has 0 aliphatic rings. The molecular weight excluding hydrogens is 676 g/mol. The van der Waals surface area contributed by atoms with Crippen molar-refractivity contribution in [2.24, 2.45) is 5.92 Å². The Hall–Kier alpha value is -4.19. The third-order valence-electron chi connectivity index (χ3n) is 6.47. The Morgan fingerprint density at radius 3 is 1.38 bits per heavy atom. The van der Waals surface area contributed by atoms with Crippen LogP contribution in [-0.4, -0.2) is 116 Å². The number of ether oxygens (including phenoxy) is 6. The number of ketones is 2. The molecule has 1 N–H and O–H groups in total. The van der Waals surface area contributed by atoms with E-state index in [4.69, 9.17) is 41.7 Å². The quantitative estimate of drug-likeness (QED) is 0.0547. The summed E-state index contributed by atoms with van der Waals surface area (Å²) in [7, 11) is -2.36. The molecule has 0 radical (unpaired) electrons. The molecule has 16 heteroatoms. The van der Waals surface area contributed by atoms with Gasteiger partial charge in [0, 0.05) is 30.7 Å². The highest BCUT2D eigenvalue weighted by Crippen LogP contribution is 2.18. The average Bonchev–Trinajstić information content (AvgIpc) is 3.09. The Morgan fingerprint density at radius 1 is 0.640 bits per heavy atom. The molecule has 0 fully saturated rings. The molecule has 0 spiro atoms. The van der Waals surface area contributed by atoms with Crippen LogP contribution in [-0.2, 0) is 46.6 Å². The van der Waals surface area contributed by atoms with Crippen molar-refractivity contribution < 1.29 is 70.8 Å². The van der Waals surface area contributed by atoms with Crippen LogP contribution in [0.3, 0.4) is 0 Å². The fourth-order valence-electron chi connectivity index (χ4n) is 3.79. The Balaban J connectivity index is 1.80. The van der Waals surface area contributed by atoms with Gasteiger partial charge in [-0.15, -0.1) is 0 Å². The second-order valence-corrected chi connectivity index (χ2v) is 14.1. The van der Waals surface area contributed by atoms with Gasteiger partial charge in [0.2, 0.25) is 0 Å². The summed E-state index contributed by atoms with van der Waals surface area (Å²) < 4.78 is 47.8. The maximum absolute atomic E-state index is 12.4. The van der Waals surface area contributed by atoms with Gasteiger partial charge >= 0.3 is 26.7 Å². The molecule has 2 aromatic rings. The van der Waals surface area contributed by atoms with Crippen molar-refractivity contribution in [3.8, 4) is 11.5 Å². The summed E-state index contributed by atoms with van der Waals surface area (Å²) in [5.41, 5.74) is -0.623. The SMILES string of the molecule is COCCOC(=O)CO[Si](C)(OCC(=O)OCCOc1ccc(C(=O)C(C)C)cc1)OCC(=O)OCCOc1ccc(C(=O)C(C)(C)O)cc1. The Bertz CT molecular complexity index is 1390. The van der Waals surface area contributed by atoms with Gasteiger partial charge in [0.05, 0.1) is 6.61 Å². The highest BCUT2D eigenvalue weighted by molar-refractivity contribution is 6.59. The third-order valence-corrected chi connectivity index (χ3v) is 8.48. The van der Waals surface area contributed by atoms with Crippen LogP contribution in [0.2, 0.25) is 6.55 Å². The highest BCUT2D eigenvalue weighted by Gasteiger charge is 2.38. The Morgan fingerprint density at radius 2 is 1.02 bits per heavy atom.